The minimum Gasteiger partial charge on any atom is -0.469 e. The fourth-order valence-corrected chi connectivity index (χ4v) is 1.77. The molecular weight excluding hydrogens is 273 g/mol. The first-order valence-electron chi connectivity index (χ1n) is 6.31. The van der Waals surface area contributed by atoms with E-state index in [0.29, 0.717) is 22.5 Å². The lowest BCUT2D eigenvalue weighted by Crippen LogP contribution is -2.22. The van der Waals surface area contributed by atoms with Crippen molar-refractivity contribution in [2.45, 2.75) is 13.5 Å². The minimum absolute atomic E-state index is 0.0452. The maximum atomic E-state index is 13.7. The maximum absolute atomic E-state index is 13.7. The lowest BCUT2D eigenvalue weighted by atomic mass is 10.1. The van der Waals surface area contributed by atoms with Gasteiger partial charge in [0.1, 0.15) is 24.4 Å². The Kier molecular flexibility index (Phi) is 4.75. The molecule has 0 radical (unpaired) electrons. The zero-order valence-electron chi connectivity index (χ0n) is 11.4. The third kappa shape index (κ3) is 3.94. The number of aliphatic hydroxyl groups is 1. The number of hydrogen-bond acceptors (Lipinski definition) is 3. The van der Waals surface area contributed by atoms with Gasteiger partial charge in [-0.15, -0.1) is 0 Å². The first-order chi connectivity index (χ1) is 10.1. The predicted octanol–water partition coefficient (Wildman–Crippen LogP) is 2.00. The summed E-state index contributed by atoms with van der Waals surface area (Å²) in [5.74, 6) is 5.05. The number of halogens is 1. The van der Waals surface area contributed by atoms with E-state index >= 15 is 0 Å². The number of benzene rings is 1. The molecule has 1 aromatic heterocycles. The fraction of sp³-hybridized carbons (Fsp3) is 0.188. The van der Waals surface area contributed by atoms with Crippen LogP contribution in [0.4, 0.5) is 4.39 Å². The van der Waals surface area contributed by atoms with Gasteiger partial charge in [0.05, 0.1) is 5.56 Å². The number of carbonyl (C=O) groups is 1. The largest absolute Gasteiger partial charge is 0.469 e. The van der Waals surface area contributed by atoms with Gasteiger partial charge in [0.15, 0.2) is 0 Å². The molecule has 0 saturated heterocycles. The summed E-state index contributed by atoms with van der Waals surface area (Å²) in [6.45, 7) is 1.52. The number of nitrogens with one attached hydrogen (secondary N) is 1. The third-order valence-corrected chi connectivity index (χ3v) is 2.79. The maximum Gasteiger partial charge on any atom is 0.254 e. The van der Waals surface area contributed by atoms with Gasteiger partial charge in [-0.25, -0.2) is 4.39 Å². The zero-order valence-corrected chi connectivity index (χ0v) is 11.4. The molecule has 0 spiro atoms. The Hall–Kier alpha value is -2.58. The van der Waals surface area contributed by atoms with E-state index in [1.165, 1.54) is 18.4 Å². The molecule has 21 heavy (non-hydrogen) atoms. The van der Waals surface area contributed by atoms with Gasteiger partial charge in [-0.3, -0.25) is 4.79 Å². The van der Waals surface area contributed by atoms with E-state index in [-0.39, 0.29) is 19.1 Å². The smallest absolute Gasteiger partial charge is 0.254 e. The average Bonchev–Trinajstić information content (AvgIpc) is 2.91. The van der Waals surface area contributed by atoms with E-state index < -0.39 is 5.82 Å². The van der Waals surface area contributed by atoms with Crippen molar-refractivity contribution in [2.75, 3.05) is 6.61 Å². The van der Waals surface area contributed by atoms with E-state index in [2.05, 4.69) is 17.2 Å². The number of aryl methyl sites for hydroxylation is 1. The van der Waals surface area contributed by atoms with Crippen LogP contribution in [0.5, 0.6) is 0 Å². The third-order valence-electron chi connectivity index (χ3n) is 2.79. The van der Waals surface area contributed by atoms with Gasteiger partial charge in [0, 0.05) is 17.7 Å². The van der Waals surface area contributed by atoms with E-state index in [1.54, 1.807) is 19.1 Å². The summed E-state index contributed by atoms with van der Waals surface area (Å²) in [5.41, 5.74) is 1.30. The highest BCUT2D eigenvalue weighted by atomic mass is 19.1. The second-order valence-electron chi connectivity index (χ2n) is 4.39. The van der Waals surface area contributed by atoms with Gasteiger partial charge < -0.3 is 14.8 Å². The van der Waals surface area contributed by atoms with Crippen molar-refractivity contribution in [3.63, 3.8) is 0 Å². The number of hydrogen-bond donors (Lipinski definition) is 2. The molecule has 0 aliphatic carbocycles. The first-order valence-corrected chi connectivity index (χ1v) is 6.31. The molecule has 1 aromatic carbocycles. The summed E-state index contributed by atoms with van der Waals surface area (Å²) < 4.78 is 18.7. The summed E-state index contributed by atoms with van der Waals surface area (Å²) in [4.78, 5) is 11.8. The second-order valence-corrected chi connectivity index (χ2v) is 4.39. The van der Waals surface area contributed by atoms with Crippen LogP contribution in [-0.2, 0) is 6.54 Å². The summed E-state index contributed by atoms with van der Waals surface area (Å²) >= 11 is 0. The molecule has 2 N–H and O–H groups in total. The molecule has 0 fully saturated rings. The van der Waals surface area contributed by atoms with Crippen molar-refractivity contribution in [1.29, 1.82) is 0 Å². The molecule has 1 amide bonds. The van der Waals surface area contributed by atoms with Crippen molar-refractivity contribution in [2.24, 2.45) is 0 Å². The van der Waals surface area contributed by atoms with Crippen LogP contribution < -0.4 is 5.32 Å². The van der Waals surface area contributed by atoms with Gasteiger partial charge in [0.2, 0.25) is 0 Å². The van der Waals surface area contributed by atoms with E-state index in [9.17, 15) is 9.18 Å². The Bertz CT molecular complexity index is 710. The number of rotatable bonds is 3. The SMILES string of the molecule is Cc1cc(C(=O)NCc2cc(C#CCO)ccc2F)co1. The highest BCUT2D eigenvalue weighted by Gasteiger charge is 2.10. The van der Waals surface area contributed by atoms with Crippen LogP contribution in [0, 0.1) is 24.6 Å². The minimum atomic E-state index is -0.423. The van der Waals surface area contributed by atoms with Crippen LogP contribution in [0.15, 0.2) is 34.9 Å². The van der Waals surface area contributed by atoms with Gasteiger partial charge in [-0.2, -0.15) is 0 Å². The lowest BCUT2D eigenvalue weighted by molar-refractivity contribution is 0.0950. The van der Waals surface area contributed by atoms with Crippen LogP contribution in [-0.4, -0.2) is 17.6 Å². The van der Waals surface area contributed by atoms with E-state index in [1.807, 2.05) is 0 Å². The monoisotopic (exact) mass is 287 g/mol. The second kappa shape index (κ2) is 6.73. The molecule has 0 unspecified atom stereocenters. The number of aliphatic hydroxyl groups excluding tert-OH is 1. The normalized spacial score (nSPS) is 9.86. The highest BCUT2D eigenvalue weighted by Crippen LogP contribution is 2.11. The quantitative estimate of drug-likeness (QED) is 0.849. The molecular formula is C16H14FNO3. The molecule has 108 valence electrons. The molecule has 2 rings (SSSR count). The van der Waals surface area contributed by atoms with Crippen molar-refractivity contribution in [1.82, 2.24) is 5.32 Å². The van der Waals surface area contributed by atoms with Gasteiger partial charge in [-0.1, -0.05) is 11.8 Å². The number of amides is 1. The molecule has 1 heterocycles. The predicted molar refractivity (Wildman–Crippen MR) is 75.0 cm³/mol. The van der Waals surface area contributed by atoms with Crippen molar-refractivity contribution in [3.05, 3.63) is 58.8 Å². The van der Waals surface area contributed by atoms with Crippen LogP contribution >= 0.6 is 0 Å². The Morgan fingerprint density at radius 3 is 2.90 bits per heavy atom. The molecule has 4 nitrogen and oxygen atoms in total. The summed E-state index contributed by atoms with van der Waals surface area (Å²) in [6.07, 6.45) is 1.35. The van der Waals surface area contributed by atoms with Gasteiger partial charge in [0.25, 0.3) is 5.91 Å². The topological polar surface area (TPSA) is 62.5 Å². The summed E-state index contributed by atoms with van der Waals surface area (Å²) in [5, 5.41) is 11.3. The highest BCUT2D eigenvalue weighted by molar-refractivity contribution is 5.93. The lowest BCUT2D eigenvalue weighted by Gasteiger charge is -2.05. The molecule has 0 aliphatic rings. The Labute approximate surface area is 121 Å². The molecule has 2 aromatic rings. The van der Waals surface area contributed by atoms with Crippen LogP contribution in [0.25, 0.3) is 0 Å². The zero-order chi connectivity index (χ0) is 15.2. The van der Waals surface area contributed by atoms with Crippen LogP contribution in [0.1, 0.15) is 27.2 Å². The van der Waals surface area contributed by atoms with E-state index in [4.69, 9.17) is 9.52 Å². The molecule has 0 atom stereocenters. The summed E-state index contributed by atoms with van der Waals surface area (Å²) in [7, 11) is 0. The summed E-state index contributed by atoms with van der Waals surface area (Å²) in [6, 6.07) is 5.95. The average molecular weight is 287 g/mol. The molecule has 5 heteroatoms. The molecule has 0 bridgehead atoms. The first kappa shape index (κ1) is 14.8. The van der Waals surface area contributed by atoms with E-state index in [0.717, 1.165) is 0 Å². The standard InChI is InChI=1S/C16H14FNO3/c1-11-7-14(10-21-11)16(20)18-9-13-8-12(3-2-6-19)4-5-15(13)17/h4-5,7-8,10,19H,6,9H2,1H3,(H,18,20). The van der Waals surface area contributed by atoms with Crippen molar-refractivity contribution in [3.8, 4) is 11.8 Å². The van der Waals surface area contributed by atoms with Crippen molar-refractivity contribution >= 4 is 5.91 Å². The van der Waals surface area contributed by atoms with Crippen molar-refractivity contribution < 1.29 is 18.7 Å². The fourth-order valence-electron chi connectivity index (χ4n) is 1.77. The van der Waals surface area contributed by atoms with Crippen LogP contribution in [0.2, 0.25) is 0 Å². The molecule has 0 saturated carbocycles. The number of carbonyl (C=O) groups excluding carboxylic acids is 1. The molecule has 0 aliphatic heterocycles. The van der Waals surface area contributed by atoms with Gasteiger partial charge in [-0.05, 0) is 31.2 Å². The Morgan fingerprint density at radius 1 is 1.43 bits per heavy atom. The Morgan fingerprint density at radius 2 is 2.24 bits per heavy atom. The van der Waals surface area contributed by atoms with Gasteiger partial charge >= 0.3 is 0 Å². The Balaban J connectivity index is 2.07. The van der Waals surface area contributed by atoms with Crippen LogP contribution in [0.3, 0.4) is 0 Å². The number of furan rings is 1.